The van der Waals surface area contributed by atoms with Crippen LogP contribution in [-0.2, 0) is 11.2 Å². The van der Waals surface area contributed by atoms with E-state index in [0.29, 0.717) is 5.69 Å². The second kappa shape index (κ2) is 7.71. The average Bonchev–Trinajstić information content (AvgIpc) is 2.98. The second-order valence-electron chi connectivity index (χ2n) is 7.09. The monoisotopic (exact) mass is 429 g/mol. The maximum atomic E-state index is 13.0. The topological polar surface area (TPSA) is 93.5 Å². The first kappa shape index (κ1) is 21.2. The fourth-order valence-electron chi connectivity index (χ4n) is 2.56. The number of nitrogens with zero attached hydrogens (tertiary/aromatic N) is 2. The average molecular weight is 429 g/mol. The number of amides is 1. The van der Waals surface area contributed by atoms with Crippen LogP contribution in [0.25, 0.3) is 5.69 Å². The number of alkyl halides is 3. The normalized spacial score (nSPS) is 13.9. The highest BCUT2D eigenvalue weighted by Crippen LogP contribution is 2.28. The van der Waals surface area contributed by atoms with Crippen molar-refractivity contribution in [2.24, 2.45) is 0 Å². The van der Waals surface area contributed by atoms with Crippen molar-refractivity contribution in [2.75, 3.05) is 17.7 Å². The van der Waals surface area contributed by atoms with Crippen molar-refractivity contribution in [3.63, 3.8) is 0 Å². The molecule has 1 aliphatic heterocycles. The van der Waals surface area contributed by atoms with E-state index in [0.717, 1.165) is 11.8 Å². The molecule has 0 unspecified atom stereocenters. The minimum absolute atomic E-state index is 0.00391. The summed E-state index contributed by atoms with van der Waals surface area (Å²) in [6.07, 6.45) is -4.57. The van der Waals surface area contributed by atoms with Gasteiger partial charge in [0.2, 0.25) is 5.91 Å². The first-order valence-electron chi connectivity index (χ1n) is 8.54. The Kier molecular flexibility index (Phi) is 5.63. The molecule has 0 saturated carbocycles. The molecule has 0 spiro atoms. The molecular formula is C18H18F3N3O4S. The maximum absolute atomic E-state index is 13.0. The summed E-state index contributed by atoms with van der Waals surface area (Å²) in [4.78, 5) is 29.0. The van der Waals surface area contributed by atoms with Gasteiger partial charge in [-0.25, -0.2) is 4.98 Å². The number of aliphatic hydroxyl groups is 1. The molecule has 2 heterocycles. The zero-order valence-corrected chi connectivity index (χ0v) is 16.4. The fourth-order valence-corrected chi connectivity index (χ4v) is 3.51. The fraction of sp³-hybridized carbons (Fsp3) is 0.389. The van der Waals surface area contributed by atoms with E-state index in [9.17, 15) is 27.9 Å². The second-order valence-corrected chi connectivity index (χ2v) is 8.03. The lowest BCUT2D eigenvalue weighted by molar-refractivity contribution is -0.153. The molecule has 3 rings (SSSR count). The van der Waals surface area contributed by atoms with Crippen LogP contribution in [0.4, 0.5) is 19.0 Å². The molecule has 2 aromatic rings. The summed E-state index contributed by atoms with van der Waals surface area (Å²) < 4.78 is 42.8. The van der Waals surface area contributed by atoms with Gasteiger partial charge in [0.05, 0.1) is 23.3 Å². The number of halogens is 3. The Bertz CT molecular complexity index is 982. The number of benzene rings is 1. The minimum atomic E-state index is -4.46. The van der Waals surface area contributed by atoms with Gasteiger partial charge in [-0.05, 0) is 38.1 Å². The molecule has 0 radical (unpaired) electrons. The quantitative estimate of drug-likeness (QED) is 0.542. The molecule has 1 aliphatic rings. The summed E-state index contributed by atoms with van der Waals surface area (Å²) in [5.74, 6) is 0.0472. The Morgan fingerprint density at radius 2 is 1.90 bits per heavy atom. The molecule has 11 heteroatoms. The van der Waals surface area contributed by atoms with Crippen molar-refractivity contribution in [2.45, 2.75) is 37.2 Å². The van der Waals surface area contributed by atoms with Crippen LogP contribution in [0.5, 0.6) is 5.75 Å². The molecule has 0 saturated heterocycles. The third-order valence-electron chi connectivity index (χ3n) is 3.79. The lowest BCUT2D eigenvalue weighted by atomic mass is 10.2. The van der Waals surface area contributed by atoms with Crippen LogP contribution in [0.15, 0.2) is 34.2 Å². The number of rotatable bonds is 6. The van der Waals surface area contributed by atoms with Gasteiger partial charge in [-0.1, -0.05) is 11.8 Å². The van der Waals surface area contributed by atoms with Crippen LogP contribution in [0.2, 0.25) is 0 Å². The van der Waals surface area contributed by atoms with E-state index in [2.05, 4.69) is 15.0 Å². The van der Waals surface area contributed by atoms with Crippen LogP contribution < -0.4 is 15.6 Å². The van der Waals surface area contributed by atoms with Gasteiger partial charge in [-0.3, -0.25) is 14.2 Å². The number of carbonyl (C=O) groups excluding carboxylic acids is 1. The SMILES string of the molecule is CC(C)(O)CSc1nc2c(c(=O)n1-c1ccc(OCC(F)(F)F)cc1)CC(=O)N2. The summed E-state index contributed by atoms with van der Waals surface area (Å²) in [6, 6.07) is 5.49. The van der Waals surface area contributed by atoms with E-state index < -0.39 is 23.9 Å². The van der Waals surface area contributed by atoms with E-state index in [-0.39, 0.29) is 40.4 Å². The summed E-state index contributed by atoms with van der Waals surface area (Å²) in [7, 11) is 0. The van der Waals surface area contributed by atoms with Crippen molar-refractivity contribution in [3.05, 3.63) is 40.2 Å². The third-order valence-corrected chi connectivity index (χ3v) is 5.18. The summed E-state index contributed by atoms with van der Waals surface area (Å²) in [5, 5.41) is 12.8. The van der Waals surface area contributed by atoms with Gasteiger partial charge in [0.1, 0.15) is 11.6 Å². The number of hydrogen-bond donors (Lipinski definition) is 2. The number of nitrogens with one attached hydrogen (secondary N) is 1. The van der Waals surface area contributed by atoms with E-state index in [4.69, 9.17) is 0 Å². The van der Waals surface area contributed by atoms with Gasteiger partial charge >= 0.3 is 6.18 Å². The number of aromatic nitrogens is 2. The van der Waals surface area contributed by atoms with Crippen molar-refractivity contribution in [1.82, 2.24) is 9.55 Å². The molecular weight excluding hydrogens is 411 g/mol. The van der Waals surface area contributed by atoms with Crippen molar-refractivity contribution in [3.8, 4) is 11.4 Å². The summed E-state index contributed by atoms with van der Waals surface area (Å²) in [5.41, 5.74) is -0.942. The molecule has 156 valence electrons. The molecule has 0 atom stereocenters. The predicted molar refractivity (Wildman–Crippen MR) is 101 cm³/mol. The molecule has 0 bridgehead atoms. The van der Waals surface area contributed by atoms with Crippen LogP contribution in [0.3, 0.4) is 0 Å². The van der Waals surface area contributed by atoms with E-state index in [1.54, 1.807) is 13.8 Å². The van der Waals surface area contributed by atoms with Crippen LogP contribution >= 0.6 is 11.8 Å². The lowest BCUT2D eigenvalue weighted by Crippen LogP contribution is -2.27. The first-order valence-corrected chi connectivity index (χ1v) is 9.52. The molecule has 0 aliphatic carbocycles. The van der Waals surface area contributed by atoms with Gasteiger partial charge in [0.25, 0.3) is 5.56 Å². The van der Waals surface area contributed by atoms with Crippen LogP contribution in [0.1, 0.15) is 19.4 Å². The van der Waals surface area contributed by atoms with Gasteiger partial charge in [0, 0.05) is 5.75 Å². The zero-order valence-electron chi connectivity index (χ0n) is 15.5. The molecule has 2 N–H and O–H groups in total. The Labute approximate surface area is 167 Å². The van der Waals surface area contributed by atoms with Crippen LogP contribution in [-0.4, -0.2) is 44.7 Å². The Morgan fingerprint density at radius 1 is 1.24 bits per heavy atom. The molecule has 1 amide bonds. The number of fused-ring (bicyclic) bond motifs is 1. The summed E-state index contributed by atoms with van der Waals surface area (Å²) >= 11 is 1.12. The molecule has 7 nitrogen and oxygen atoms in total. The molecule has 1 aromatic heterocycles. The molecule has 1 aromatic carbocycles. The smallest absolute Gasteiger partial charge is 0.422 e. The third kappa shape index (κ3) is 5.30. The number of hydrogen-bond acceptors (Lipinski definition) is 6. The molecule has 29 heavy (non-hydrogen) atoms. The summed E-state index contributed by atoms with van der Waals surface area (Å²) in [6.45, 7) is 1.78. The van der Waals surface area contributed by atoms with Gasteiger partial charge in [-0.2, -0.15) is 13.2 Å². The number of ether oxygens (including phenoxy) is 1. The highest BCUT2D eigenvalue weighted by atomic mass is 32.2. The van der Waals surface area contributed by atoms with Crippen molar-refractivity contribution < 1.29 is 27.8 Å². The Balaban J connectivity index is 1.97. The predicted octanol–water partition coefficient (Wildman–Crippen LogP) is 2.53. The van der Waals surface area contributed by atoms with Gasteiger partial charge < -0.3 is 15.2 Å². The Hall–Kier alpha value is -2.53. The Morgan fingerprint density at radius 3 is 2.48 bits per heavy atom. The van der Waals surface area contributed by atoms with Crippen LogP contribution in [0, 0.1) is 0 Å². The highest BCUT2D eigenvalue weighted by Gasteiger charge is 2.29. The zero-order chi connectivity index (χ0) is 21.4. The molecule has 0 fully saturated rings. The highest BCUT2D eigenvalue weighted by molar-refractivity contribution is 7.99. The number of thioether (sulfide) groups is 1. The van der Waals surface area contributed by atoms with Crippen molar-refractivity contribution >= 4 is 23.5 Å². The largest absolute Gasteiger partial charge is 0.484 e. The van der Waals surface area contributed by atoms with E-state index in [1.807, 2.05) is 0 Å². The minimum Gasteiger partial charge on any atom is -0.484 e. The van der Waals surface area contributed by atoms with Gasteiger partial charge in [-0.15, -0.1) is 0 Å². The number of anilines is 1. The van der Waals surface area contributed by atoms with Gasteiger partial charge in [0.15, 0.2) is 11.8 Å². The van der Waals surface area contributed by atoms with E-state index >= 15 is 0 Å². The lowest BCUT2D eigenvalue weighted by Gasteiger charge is -2.19. The first-order chi connectivity index (χ1) is 13.4. The standard InChI is InChI=1S/C18H18F3N3O4S/c1-17(2,27)9-29-16-23-14-12(7-13(25)22-14)15(26)24(16)10-3-5-11(6-4-10)28-8-18(19,20)21/h3-6,27H,7-9H2,1-2H3,(H,22,25). The van der Waals surface area contributed by atoms with E-state index in [1.165, 1.54) is 28.8 Å². The number of carbonyl (C=O) groups is 1. The van der Waals surface area contributed by atoms with Crippen molar-refractivity contribution in [1.29, 1.82) is 0 Å². The maximum Gasteiger partial charge on any atom is 0.422 e.